The summed E-state index contributed by atoms with van der Waals surface area (Å²) >= 11 is 0. The molecule has 0 N–H and O–H groups in total. The molecule has 1 atom stereocenters. The third-order valence-electron chi connectivity index (χ3n) is 4.21. The molecule has 0 saturated heterocycles. The molecule has 0 radical (unpaired) electrons. The molecule has 112 valence electrons. The molecular weight excluding hydrogens is 260 g/mol. The number of nitrogens with zero attached hydrogens (tertiary/aromatic N) is 4. The second kappa shape index (κ2) is 6.74. The maximum absolute atomic E-state index is 4.78. The van der Waals surface area contributed by atoms with Crippen LogP contribution >= 0.6 is 0 Å². The van der Waals surface area contributed by atoms with Crippen molar-refractivity contribution in [2.75, 3.05) is 0 Å². The van der Waals surface area contributed by atoms with Gasteiger partial charge in [-0.3, -0.25) is 4.98 Å². The molecule has 1 unspecified atom stereocenters. The molecule has 2 aromatic rings. The second-order valence-electron chi connectivity index (χ2n) is 5.82. The number of pyridine rings is 1. The van der Waals surface area contributed by atoms with Crippen LogP contribution in [-0.2, 0) is 12.5 Å². The van der Waals surface area contributed by atoms with Crippen molar-refractivity contribution in [3.05, 3.63) is 37.1 Å². The van der Waals surface area contributed by atoms with Gasteiger partial charge in [0.05, 0.1) is 13.3 Å². The fourth-order valence-corrected chi connectivity index (χ4v) is 2.50. The Kier molecular flexibility index (Phi) is 4.99. The molecule has 0 aliphatic heterocycles. The van der Waals surface area contributed by atoms with Crippen molar-refractivity contribution in [1.29, 1.82) is 0 Å². The van der Waals surface area contributed by atoms with E-state index < -0.39 is 0 Å². The van der Waals surface area contributed by atoms with Crippen molar-refractivity contribution in [2.24, 2.45) is 7.05 Å². The Balaban J connectivity index is 2.27. The minimum atomic E-state index is 0.0277. The van der Waals surface area contributed by atoms with E-state index in [0.29, 0.717) is 0 Å². The number of aryl methyl sites for hydroxylation is 1. The minimum absolute atomic E-state index is 0.0277. The van der Waals surface area contributed by atoms with Crippen LogP contribution in [0, 0.1) is 6.92 Å². The molecule has 0 fully saturated rings. The molecule has 4 heteroatoms. The lowest BCUT2D eigenvalue weighted by molar-refractivity contribution is 0.376. The van der Waals surface area contributed by atoms with E-state index in [2.05, 4.69) is 30.9 Å². The molecule has 21 heavy (non-hydrogen) atoms. The van der Waals surface area contributed by atoms with Gasteiger partial charge >= 0.3 is 0 Å². The maximum Gasteiger partial charge on any atom is 0.176 e. The maximum atomic E-state index is 4.78. The lowest BCUT2D eigenvalue weighted by Gasteiger charge is -2.24. The van der Waals surface area contributed by atoms with Crippen LogP contribution in [0.1, 0.15) is 51.8 Å². The first-order valence-electron chi connectivity index (χ1n) is 7.73. The van der Waals surface area contributed by atoms with E-state index in [1.165, 1.54) is 6.42 Å². The van der Waals surface area contributed by atoms with E-state index in [9.17, 15) is 0 Å². The smallest absolute Gasteiger partial charge is 0.176 e. The number of hydrogen-bond acceptors (Lipinski definition) is 3. The van der Waals surface area contributed by atoms with Crippen molar-refractivity contribution in [1.82, 2.24) is 19.7 Å². The van der Waals surface area contributed by atoms with Crippen LogP contribution in [0.3, 0.4) is 0 Å². The van der Waals surface area contributed by atoms with Gasteiger partial charge in [0.2, 0.25) is 0 Å². The first-order valence-corrected chi connectivity index (χ1v) is 7.73. The van der Waals surface area contributed by atoms with E-state index in [-0.39, 0.29) is 5.41 Å². The number of hydrogen-bond donors (Lipinski definition) is 0. The van der Waals surface area contributed by atoms with Gasteiger partial charge in [0.1, 0.15) is 5.69 Å². The second-order valence-corrected chi connectivity index (χ2v) is 5.82. The Bertz CT molecular complexity index is 561. The summed E-state index contributed by atoms with van der Waals surface area (Å²) in [5.74, 6) is 1.76. The molecule has 2 rings (SSSR count). The summed E-state index contributed by atoms with van der Waals surface area (Å²) in [6.07, 6.45) is 7.26. The topological polar surface area (TPSA) is 43.6 Å². The molecule has 0 saturated carbocycles. The molecule has 0 amide bonds. The lowest BCUT2D eigenvalue weighted by atomic mass is 9.81. The molecule has 0 spiro atoms. The first-order chi connectivity index (χ1) is 10.1. The third-order valence-corrected chi connectivity index (χ3v) is 4.21. The zero-order chi connectivity index (χ0) is 15.3. The summed E-state index contributed by atoms with van der Waals surface area (Å²) in [7, 11) is 1.94. The monoisotopic (exact) mass is 285 g/mol. The van der Waals surface area contributed by atoms with E-state index >= 15 is 0 Å². The Hall–Kier alpha value is -1.84. The van der Waals surface area contributed by atoms with Gasteiger partial charge in [-0.15, -0.1) is 0 Å². The summed E-state index contributed by atoms with van der Waals surface area (Å²) < 4.78 is 1.84. The van der Waals surface area contributed by atoms with Crippen molar-refractivity contribution >= 4 is 0 Å². The molecule has 0 aliphatic carbocycles. The van der Waals surface area contributed by atoms with Gasteiger partial charge in [0, 0.05) is 18.7 Å². The van der Waals surface area contributed by atoms with Gasteiger partial charge in [0.25, 0.3) is 0 Å². The molecule has 0 aromatic carbocycles. The molecule has 4 nitrogen and oxygen atoms in total. The SMILES string of the molecule is [CH2+]CCCCC(C)(CC)c1nc(-c2ccccn2)n(C)n1. The lowest BCUT2D eigenvalue weighted by Crippen LogP contribution is -2.23. The van der Waals surface area contributed by atoms with Crippen molar-refractivity contribution in [2.45, 2.75) is 51.4 Å². The Labute approximate surface area is 127 Å². The summed E-state index contributed by atoms with van der Waals surface area (Å²) in [5.41, 5.74) is 0.898. The zero-order valence-electron chi connectivity index (χ0n) is 13.3. The van der Waals surface area contributed by atoms with Crippen molar-refractivity contribution in [3.8, 4) is 11.5 Å². The fraction of sp³-hybridized carbons (Fsp3) is 0.529. The molecular formula is C17H25N4+. The summed E-state index contributed by atoms with van der Waals surface area (Å²) in [6, 6.07) is 5.86. The van der Waals surface area contributed by atoms with Crippen LogP contribution in [0.25, 0.3) is 11.5 Å². The zero-order valence-corrected chi connectivity index (χ0v) is 13.3. The summed E-state index contributed by atoms with van der Waals surface area (Å²) in [6.45, 7) is 8.38. The third kappa shape index (κ3) is 3.43. The number of rotatable bonds is 7. The quantitative estimate of drug-likeness (QED) is 0.571. The van der Waals surface area contributed by atoms with Crippen molar-refractivity contribution < 1.29 is 0 Å². The minimum Gasteiger partial charge on any atom is -0.253 e. The van der Waals surface area contributed by atoms with Crippen molar-refractivity contribution in [3.63, 3.8) is 0 Å². The van der Waals surface area contributed by atoms with Crippen LogP contribution in [0.4, 0.5) is 0 Å². The van der Waals surface area contributed by atoms with Gasteiger partial charge in [-0.05, 0) is 37.8 Å². The molecule has 0 bridgehead atoms. The average molecular weight is 285 g/mol. The molecule has 2 aromatic heterocycles. The normalized spacial score (nSPS) is 14.0. The van der Waals surface area contributed by atoms with Gasteiger partial charge in [-0.25, -0.2) is 9.67 Å². The highest BCUT2D eigenvalue weighted by molar-refractivity contribution is 5.48. The van der Waals surface area contributed by atoms with Gasteiger partial charge in [0.15, 0.2) is 11.6 Å². The van der Waals surface area contributed by atoms with Crippen LogP contribution in [0.2, 0.25) is 0 Å². The van der Waals surface area contributed by atoms with Crippen LogP contribution in [0.15, 0.2) is 24.4 Å². The fourth-order valence-electron chi connectivity index (χ4n) is 2.50. The molecule has 0 aliphatic rings. The highest BCUT2D eigenvalue weighted by Crippen LogP contribution is 2.32. The summed E-state index contributed by atoms with van der Waals surface area (Å²) in [5, 5.41) is 4.66. The standard InChI is InChI=1S/C17H25N4/c1-5-7-9-12-17(3,6-2)16-19-15(21(4)20-16)14-11-8-10-13-18-14/h8,10-11,13H,1,5-7,9,12H2,2-4H3/q+1. The highest BCUT2D eigenvalue weighted by Gasteiger charge is 2.29. The Morgan fingerprint density at radius 1 is 1.29 bits per heavy atom. The van der Waals surface area contributed by atoms with E-state index in [1.807, 2.05) is 29.9 Å². The highest BCUT2D eigenvalue weighted by atomic mass is 15.3. The van der Waals surface area contributed by atoms with Crippen LogP contribution in [-0.4, -0.2) is 19.7 Å². The van der Waals surface area contributed by atoms with E-state index in [4.69, 9.17) is 4.98 Å². The first kappa shape index (κ1) is 15.5. The van der Waals surface area contributed by atoms with Gasteiger partial charge in [-0.2, -0.15) is 5.10 Å². The Morgan fingerprint density at radius 2 is 2.10 bits per heavy atom. The van der Waals surface area contributed by atoms with Crippen LogP contribution in [0.5, 0.6) is 0 Å². The largest absolute Gasteiger partial charge is 0.253 e. The van der Waals surface area contributed by atoms with E-state index in [0.717, 1.165) is 43.0 Å². The van der Waals surface area contributed by atoms with Crippen LogP contribution < -0.4 is 0 Å². The Morgan fingerprint density at radius 3 is 2.71 bits per heavy atom. The number of aromatic nitrogens is 4. The summed E-state index contributed by atoms with van der Waals surface area (Å²) in [4.78, 5) is 9.15. The average Bonchev–Trinajstić information content (AvgIpc) is 2.91. The van der Waals surface area contributed by atoms with E-state index in [1.54, 1.807) is 6.20 Å². The molecule has 2 heterocycles. The van der Waals surface area contributed by atoms with Gasteiger partial charge < -0.3 is 0 Å². The van der Waals surface area contributed by atoms with Gasteiger partial charge in [-0.1, -0.05) is 19.9 Å². The predicted octanol–water partition coefficient (Wildman–Crippen LogP) is 3.94. The number of unbranched alkanes of at least 4 members (excludes halogenated alkanes) is 2. The predicted molar refractivity (Wildman–Crippen MR) is 85.7 cm³/mol.